The summed E-state index contributed by atoms with van der Waals surface area (Å²) in [7, 11) is 1.54. The summed E-state index contributed by atoms with van der Waals surface area (Å²) >= 11 is 5.77. The zero-order chi connectivity index (χ0) is 8.97. The van der Waals surface area contributed by atoms with E-state index in [1.807, 2.05) is 0 Å². The molecule has 1 aromatic rings. The summed E-state index contributed by atoms with van der Waals surface area (Å²) in [4.78, 5) is 10.1. The molecule has 1 aromatic carbocycles. The second-order valence-electron chi connectivity index (χ2n) is 2.29. The van der Waals surface area contributed by atoms with Crippen LogP contribution in [0.3, 0.4) is 0 Å². The van der Waals surface area contributed by atoms with E-state index < -0.39 is 0 Å². The Morgan fingerprint density at radius 2 is 2.33 bits per heavy atom. The molecule has 0 fully saturated rings. The minimum Gasteiger partial charge on any atom is -0.495 e. The maximum atomic E-state index is 10.1. The van der Waals surface area contributed by atoms with Gasteiger partial charge in [-0.15, -0.1) is 0 Å². The summed E-state index contributed by atoms with van der Waals surface area (Å²) in [6, 6.07) is 5.20. The Labute approximate surface area is 76.1 Å². The fourth-order valence-electron chi connectivity index (χ4n) is 0.897. The Balaban J connectivity index is 2.96. The SMILES string of the molecule is COc1cc(C[C]=O)ccc1Cl. The molecule has 3 heteroatoms. The summed E-state index contributed by atoms with van der Waals surface area (Å²) < 4.78 is 4.97. The van der Waals surface area contributed by atoms with Gasteiger partial charge in [-0.1, -0.05) is 17.7 Å². The Hall–Kier alpha value is -1.02. The Bertz CT molecular complexity index is 284. The van der Waals surface area contributed by atoms with Gasteiger partial charge in [0.2, 0.25) is 6.29 Å². The second-order valence-corrected chi connectivity index (χ2v) is 2.70. The van der Waals surface area contributed by atoms with Gasteiger partial charge in [-0.05, 0) is 17.7 Å². The van der Waals surface area contributed by atoms with Crippen LogP contribution in [0.4, 0.5) is 0 Å². The van der Waals surface area contributed by atoms with Crippen LogP contribution in [0.5, 0.6) is 5.75 Å². The lowest BCUT2D eigenvalue weighted by atomic mass is 10.1. The molecule has 0 amide bonds. The lowest BCUT2D eigenvalue weighted by Gasteiger charge is -2.03. The van der Waals surface area contributed by atoms with Crippen molar-refractivity contribution in [3.63, 3.8) is 0 Å². The van der Waals surface area contributed by atoms with Crippen LogP contribution in [0, 0.1) is 0 Å². The summed E-state index contributed by atoms with van der Waals surface area (Å²) in [6.07, 6.45) is 2.08. The predicted molar refractivity (Wildman–Crippen MR) is 47.4 cm³/mol. The molecule has 0 aliphatic carbocycles. The molecule has 0 bridgehead atoms. The Kier molecular flexibility index (Phi) is 3.11. The summed E-state index contributed by atoms with van der Waals surface area (Å²) in [6.45, 7) is 0. The third kappa shape index (κ3) is 1.98. The van der Waals surface area contributed by atoms with Crippen molar-refractivity contribution >= 4 is 17.9 Å². The summed E-state index contributed by atoms with van der Waals surface area (Å²) in [5, 5.41) is 0.548. The van der Waals surface area contributed by atoms with Crippen molar-refractivity contribution in [2.75, 3.05) is 7.11 Å². The molecule has 0 saturated heterocycles. The number of halogens is 1. The van der Waals surface area contributed by atoms with Gasteiger partial charge in [-0.3, -0.25) is 4.79 Å². The van der Waals surface area contributed by atoms with E-state index in [0.717, 1.165) is 5.56 Å². The lowest BCUT2D eigenvalue weighted by molar-refractivity contribution is 0.414. The first-order valence-corrected chi connectivity index (χ1v) is 3.83. The fourth-order valence-corrected chi connectivity index (χ4v) is 1.09. The number of carbonyl (C=O) groups excluding carboxylic acids is 1. The van der Waals surface area contributed by atoms with E-state index in [2.05, 4.69) is 0 Å². The molecule has 0 saturated carbocycles. The minimum atomic E-state index is 0.271. The van der Waals surface area contributed by atoms with Gasteiger partial charge in [-0.25, -0.2) is 0 Å². The van der Waals surface area contributed by atoms with Crippen molar-refractivity contribution in [2.45, 2.75) is 6.42 Å². The lowest BCUT2D eigenvalue weighted by Crippen LogP contribution is -1.89. The number of rotatable bonds is 3. The van der Waals surface area contributed by atoms with E-state index in [4.69, 9.17) is 16.3 Å². The molecule has 1 rings (SSSR count). The highest BCUT2D eigenvalue weighted by atomic mass is 35.5. The molecule has 0 spiro atoms. The molecule has 63 valence electrons. The number of hydrogen-bond donors (Lipinski definition) is 0. The predicted octanol–water partition coefficient (Wildman–Crippen LogP) is 2.00. The van der Waals surface area contributed by atoms with Crippen LogP contribution in [0.2, 0.25) is 5.02 Å². The normalized spacial score (nSPS) is 9.50. The van der Waals surface area contributed by atoms with Crippen LogP contribution >= 0.6 is 11.6 Å². The molecule has 0 aliphatic rings. The van der Waals surface area contributed by atoms with Gasteiger partial charge in [0.05, 0.1) is 12.1 Å². The van der Waals surface area contributed by atoms with Crippen molar-refractivity contribution in [2.24, 2.45) is 0 Å². The van der Waals surface area contributed by atoms with E-state index in [1.54, 1.807) is 24.5 Å². The highest BCUT2D eigenvalue weighted by molar-refractivity contribution is 6.32. The number of methoxy groups -OCH3 is 1. The van der Waals surface area contributed by atoms with Crippen LogP contribution in [0.25, 0.3) is 0 Å². The first kappa shape index (κ1) is 9.07. The fraction of sp³-hybridized carbons (Fsp3) is 0.222. The minimum absolute atomic E-state index is 0.271. The van der Waals surface area contributed by atoms with Gasteiger partial charge in [0, 0.05) is 6.42 Å². The van der Waals surface area contributed by atoms with Crippen molar-refractivity contribution in [3.8, 4) is 5.75 Å². The largest absolute Gasteiger partial charge is 0.495 e. The average molecular weight is 184 g/mol. The molecule has 0 aliphatic heterocycles. The molecule has 0 N–H and O–H groups in total. The van der Waals surface area contributed by atoms with Gasteiger partial charge < -0.3 is 4.74 Å². The topological polar surface area (TPSA) is 26.3 Å². The van der Waals surface area contributed by atoms with E-state index in [0.29, 0.717) is 10.8 Å². The van der Waals surface area contributed by atoms with Gasteiger partial charge >= 0.3 is 0 Å². The van der Waals surface area contributed by atoms with Crippen molar-refractivity contribution in [3.05, 3.63) is 28.8 Å². The molecule has 0 aromatic heterocycles. The molecule has 0 heterocycles. The standard InChI is InChI=1S/C9H8ClO2/c1-12-9-6-7(4-5-11)2-3-8(9)10/h2-3,6H,4H2,1H3. The van der Waals surface area contributed by atoms with Gasteiger partial charge in [0.1, 0.15) is 5.75 Å². The molecule has 0 unspecified atom stereocenters. The summed E-state index contributed by atoms with van der Waals surface area (Å²) in [5.41, 5.74) is 0.853. The second kappa shape index (κ2) is 4.12. The monoisotopic (exact) mass is 183 g/mol. The van der Waals surface area contributed by atoms with Crippen LogP contribution in [0.15, 0.2) is 18.2 Å². The highest BCUT2D eigenvalue weighted by Crippen LogP contribution is 2.24. The first-order chi connectivity index (χ1) is 5.77. The van der Waals surface area contributed by atoms with Crippen molar-refractivity contribution in [1.82, 2.24) is 0 Å². The maximum absolute atomic E-state index is 10.1. The van der Waals surface area contributed by atoms with Gasteiger partial charge in [0.15, 0.2) is 0 Å². The first-order valence-electron chi connectivity index (χ1n) is 3.45. The quantitative estimate of drug-likeness (QED) is 0.717. The van der Waals surface area contributed by atoms with Crippen LogP contribution in [-0.2, 0) is 11.2 Å². The van der Waals surface area contributed by atoms with E-state index in [-0.39, 0.29) is 6.42 Å². The molecule has 0 atom stereocenters. The van der Waals surface area contributed by atoms with E-state index >= 15 is 0 Å². The number of benzene rings is 1. The molecule has 2 nitrogen and oxygen atoms in total. The van der Waals surface area contributed by atoms with Gasteiger partial charge in [-0.2, -0.15) is 0 Å². The maximum Gasteiger partial charge on any atom is 0.203 e. The Morgan fingerprint density at radius 1 is 1.58 bits per heavy atom. The third-order valence-corrected chi connectivity index (χ3v) is 1.80. The van der Waals surface area contributed by atoms with Crippen molar-refractivity contribution in [1.29, 1.82) is 0 Å². The number of hydrogen-bond acceptors (Lipinski definition) is 2. The number of ether oxygens (including phenoxy) is 1. The molecule has 1 radical (unpaired) electrons. The highest BCUT2D eigenvalue weighted by Gasteiger charge is 2.00. The smallest absolute Gasteiger partial charge is 0.203 e. The van der Waals surface area contributed by atoms with E-state index in [1.165, 1.54) is 7.11 Å². The van der Waals surface area contributed by atoms with Crippen molar-refractivity contribution < 1.29 is 9.53 Å². The van der Waals surface area contributed by atoms with Crippen LogP contribution in [-0.4, -0.2) is 13.4 Å². The zero-order valence-corrected chi connectivity index (χ0v) is 7.39. The summed E-state index contributed by atoms with van der Waals surface area (Å²) in [5.74, 6) is 0.587. The average Bonchev–Trinajstić information content (AvgIpc) is 2.09. The third-order valence-electron chi connectivity index (χ3n) is 1.49. The van der Waals surface area contributed by atoms with Gasteiger partial charge in [0.25, 0.3) is 0 Å². The Morgan fingerprint density at radius 3 is 2.92 bits per heavy atom. The van der Waals surface area contributed by atoms with Crippen LogP contribution in [0.1, 0.15) is 5.56 Å². The molecular formula is C9H8ClO2. The van der Waals surface area contributed by atoms with Crippen LogP contribution < -0.4 is 4.74 Å². The van der Waals surface area contributed by atoms with E-state index in [9.17, 15) is 4.79 Å². The molecular weight excluding hydrogens is 176 g/mol. The molecule has 12 heavy (non-hydrogen) atoms. The zero-order valence-electron chi connectivity index (χ0n) is 6.63.